The van der Waals surface area contributed by atoms with E-state index in [1.54, 1.807) is 18.6 Å². The first-order chi connectivity index (χ1) is 8.69. The molecule has 0 spiro atoms. The second kappa shape index (κ2) is 5.61. The maximum Gasteiger partial charge on any atom is 0.319 e. The first kappa shape index (κ1) is 13.2. The van der Waals surface area contributed by atoms with Crippen LogP contribution in [0.2, 0.25) is 0 Å². The maximum atomic E-state index is 12.2. The molecule has 0 amide bonds. The SMILES string of the molecule is CCOC(=O)C1(Cc2cncs2)CCCCC1=O. The van der Waals surface area contributed by atoms with Gasteiger partial charge in [-0.1, -0.05) is 6.42 Å². The summed E-state index contributed by atoms with van der Waals surface area (Å²) in [5, 5.41) is 0. The van der Waals surface area contributed by atoms with E-state index in [1.165, 1.54) is 11.3 Å². The number of ketones is 1. The smallest absolute Gasteiger partial charge is 0.319 e. The third-order valence-corrected chi connectivity index (χ3v) is 4.20. The topological polar surface area (TPSA) is 56.3 Å². The van der Waals surface area contributed by atoms with Crippen LogP contribution in [0.25, 0.3) is 0 Å². The minimum absolute atomic E-state index is 0.0283. The van der Waals surface area contributed by atoms with Gasteiger partial charge >= 0.3 is 5.97 Å². The van der Waals surface area contributed by atoms with Crippen molar-refractivity contribution in [2.75, 3.05) is 6.61 Å². The molecule has 0 saturated heterocycles. The summed E-state index contributed by atoms with van der Waals surface area (Å²) in [5.74, 6) is -0.330. The highest BCUT2D eigenvalue weighted by Crippen LogP contribution is 2.38. The van der Waals surface area contributed by atoms with Gasteiger partial charge in [0.1, 0.15) is 5.41 Å². The summed E-state index contributed by atoms with van der Waals surface area (Å²) in [4.78, 5) is 29.4. The van der Waals surface area contributed by atoms with Crippen molar-refractivity contribution in [3.63, 3.8) is 0 Å². The number of rotatable bonds is 4. The van der Waals surface area contributed by atoms with Gasteiger partial charge in [0.05, 0.1) is 12.1 Å². The van der Waals surface area contributed by atoms with Gasteiger partial charge in [-0.05, 0) is 19.8 Å². The van der Waals surface area contributed by atoms with Crippen molar-refractivity contribution in [2.45, 2.75) is 39.0 Å². The fourth-order valence-electron chi connectivity index (χ4n) is 2.46. The maximum absolute atomic E-state index is 12.2. The monoisotopic (exact) mass is 267 g/mol. The van der Waals surface area contributed by atoms with Crippen LogP contribution >= 0.6 is 11.3 Å². The molecule has 1 aromatic rings. The Labute approximate surface area is 110 Å². The standard InChI is InChI=1S/C13H17NO3S/c1-2-17-12(16)13(6-4-3-5-11(13)15)7-10-8-14-9-18-10/h8-9H,2-7H2,1H3. The van der Waals surface area contributed by atoms with Crippen LogP contribution in [-0.4, -0.2) is 23.3 Å². The molecule has 98 valence electrons. The van der Waals surface area contributed by atoms with E-state index >= 15 is 0 Å². The van der Waals surface area contributed by atoms with Crippen LogP contribution in [0.3, 0.4) is 0 Å². The Balaban J connectivity index is 2.26. The third-order valence-electron chi connectivity index (χ3n) is 3.42. The molecular weight excluding hydrogens is 250 g/mol. The normalized spacial score (nSPS) is 23.9. The molecule has 1 saturated carbocycles. The molecule has 1 fully saturated rings. The van der Waals surface area contributed by atoms with Gasteiger partial charge < -0.3 is 4.74 Å². The Kier molecular flexibility index (Phi) is 4.11. The van der Waals surface area contributed by atoms with Crippen LogP contribution in [0.15, 0.2) is 11.7 Å². The zero-order valence-corrected chi connectivity index (χ0v) is 11.3. The minimum Gasteiger partial charge on any atom is -0.465 e. The third kappa shape index (κ3) is 2.46. The Morgan fingerprint density at radius 3 is 3.00 bits per heavy atom. The van der Waals surface area contributed by atoms with Crippen LogP contribution in [-0.2, 0) is 20.7 Å². The fraction of sp³-hybridized carbons (Fsp3) is 0.615. The number of carbonyl (C=O) groups is 2. The van der Waals surface area contributed by atoms with Crippen molar-refractivity contribution in [1.29, 1.82) is 0 Å². The van der Waals surface area contributed by atoms with Crippen molar-refractivity contribution in [3.05, 3.63) is 16.6 Å². The summed E-state index contributed by atoms with van der Waals surface area (Å²) < 4.78 is 5.13. The highest BCUT2D eigenvalue weighted by Gasteiger charge is 2.48. The Morgan fingerprint density at radius 1 is 1.56 bits per heavy atom. The molecule has 0 aromatic carbocycles. The lowest BCUT2D eigenvalue weighted by atomic mass is 9.70. The minimum atomic E-state index is -0.958. The molecule has 1 aliphatic rings. The number of hydrogen-bond acceptors (Lipinski definition) is 5. The molecule has 0 radical (unpaired) electrons. The fourth-order valence-corrected chi connectivity index (χ4v) is 3.17. The van der Waals surface area contributed by atoms with Gasteiger partial charge in [0.2, 0.25) is 0 Å². The number of aromatic nitrogens is 1. The van der Waals surface area contributed by atoms with Gasteiger partial charge in [0.25, 0.3) is 0 Å². The lowest BCUT2D eigenvalue weighted by molar-refractivity contribution is -0.162. The molecule has 1 aromatic heterocycles. The van der Waals surface area contributed by atoms with E-state index in [0.717, 1.165) is 17.7 Å². The zero-order chi connectivity index (χ0) is 13.0. The predicted molar refractivity (Wildman–Crippen MR) is 68.4 cm³/mol. The van der Waals surface area contributed by atoms with Gasteiger partial charge in [0.15, 0.2) is 5.78 Å². The van der Waals surface area contributed by atoms with E-state index in [9.17, 15) is 9.59 Å². The molecule has 1 aliphatic carbocycles. The summed E-state index contributed by atoms with van der Waals surface area (Å²) >= 11 is 1.48. The number of Topliss-reactive ketones (excluding diaryl/α,β-unsaturated/α-hetero) is 1. The molecule has 0 aliphatic heterocycles. The Bertz CT molecular complexity index is 429. The van der Waals surface area contributed by atoms with Crippen LogP contribution in [0, 0.1) is 5.41 Å². The molecule has 1 heterocycles. The highest BCUT2D eigenvalue weighted by molar-refractivity contribution is 7.09. The number of thiazole rings is 1. The average Bonchev–Trinajstić information content (AvgIpc) is 2.85. The van der Waals surface area contributed by atoms with Crippen LogP contribution in [0.4, 0.5) is 0 Å². The van der Waals surface area contributed by atoms with E-state index in [2.05, 4.69) is 4.98 Å². The van der Waals surface area contributed by atoms with E-state index in [-0.39, 0.29) is 11.8 Å². The summed E-state index contributed by atoms with van der Waals surface area (Å²) in [6.07, 6.45) is 5.04. The van der Waals surface area contributed by atoms with Gasteiger partial charge in [-0.15, -0.1) is 11.3 Å². The number of esters is 1. The molecule has 4 nitrogen and oxygen atoms in total. The molecular formula is C13H17NO3S. The summed E-state index contributed by atoms with van der Waals surface area (Å²) in [6.45, 7) is 2.09. The second-order valence-electron chi connectivity index (χ2n) is 4.58. The van der Waals surface area contributed by atoms with Gasteiger partial charge in [-0.25, -0.2) is 0 Å². The van der Waals surface area contributed by atoms with Crippen molar-refractivity contribution >= 4 is 23.1 Å². The van der Waals surface area contributed by atoms with Crippen LogP contribution < -0.4 is 0 Å². The quantitative estimate of drug-likeness (QED) is 0.621. The van der Waals surface area contributed by atoms with Gasteiger partial charge in [-0.2, -0.15) is 0 Å². The van der Waals surface area contributed by atoms with Crippen molar-refractivity contribution < 1.29 is 14.3 Å². The number of nitrogens with zero attached hydrogens (tertiary/aromatic N) is 1. The first-order valence-electron chi connectivity index (χ1n) is 6.27. The van der Waals surface area contributed by atoms with Crippen molar-refractivity contribution in [3.8, 4) is 0 Å². The average molecular weight is 267 g/mol. The molecule has 0 N–H and O–H groups in total. The lowest BCUT2D eigenvalue weighted by Gasteiger charge is -2.32. The predicted octanol–water partition coefficient (Wildman–Crippen LogP) is 2.38. The molecule has 2 rings (SSSR count). The summed E-state index contributed by atoms with van der Waals surface area (Å²) in [5.41, 5.74) is 0.766. The highest BCUT2D eigenvalue weighted by atomic mass is 32.1. The number of ether oxygens (including phenoxy) is 1. The Morgan fingerprint density at radius 2 is 2.39 bits per heavy atom. The van der Waals surface area contributed by atoms with Crippen LogP contribution in [0.1, 0.15) is 37.5 Å². The van der Waals surface area contributed by atoms with Crippen LogP contribution in [0.5, 0.6) is 0 Å². The van der Waals surface area contributed by atoms with E-state index in [4.69, 9.17) is 4.74 Å². The number of carbonyl (C=O) groups excluding carboxylic acids is 2. The molecule has 1 atom stereocenters. The van der Waals surface area contributed by atoms with E-state index < -0.39 is 5.41 Å². The first-order valence-corrected chi connectivity index (χ1v) is 7.15. The van der Waals surface area contributed by atoms with Gasteiger partial charge in [-0.3, -0.25) is 14.6 Å². The molecule has 18 heavy (non-hydrogen) atoms. The van der Waals surface area contributed by atoms with E-state index in [1.807, 2.05) is 0 Å². The zero-order valence-electron chi connectivity index (χ0n) is 10.5. The number of hydrogen-bond donors (Lipinski definition) is 0. The van der Waals surface area contributed by atoms with E-state index in [0.29, 0.717) is 25.9 Å². The second-order valence-corrected chi connectivity index (χ2v) is 5.55. The van der Waals surface area contributed by atoms with Crippen molar-refractivity contribution in [1.82, 2.24) is 4.98 Å². The Hall–Kier alpha value is -1.23. The summed E-state index contributed by atoms with van der Waals surface area (Å²) in [7, 11) is 0. The van der Waals surface area contributed by atoms with Gasteiger partial charge in [0, 0.05) is 23.9 Å². The van der Waals surface area contributed by atoms with Crippen molar-refractivity contribution in [2.24, 2.45) is 5.41 Å². The molecule has 1 unspecified atom stereocenters. The molecule has 0 bridgehead atoms. The lowest BCUT2D eigenvalue weighted by Crippen LogP contribution is -2.44. The summed E-state index contributed by atoms with van der Waals surface area (Å²) in [6, 6.07) is 0. The largest absolute Gasteiger partial charge is 0.465 e. The molecule has 5 heteroatoms.